The van der Waals surface area contributed by atoms with Crippen molar-refractivity contribution in [2.75, 3.05) is 0 Å². The van der Waals surface area contributed by atoms with Crippen LogP contribution in [0.3, 0.4) is 0 Å². The fourth-order valence-electron chi connectivity index (χ4n) is 1.36. The maximum Gasteiger partial charge on any atom is 0.333 e. The summed E-state index contributed by atoms with van der Waals surface area (Å²) in [4.78, 5) is 24.1. The molecule has 1 aromatic heterocycles. The van der Waals surface area contributed by atoms with Gasteiger partial charge in [0, 0.05) is 16.7 Å². The van der Waals surface area contributed by atoms with Crippen LogP contribution in [0.25, 0.3) is 5.69 Å². The maximum absolute atomic E-state index is 13.6. The largest absolute Gasteiger partial charge is 0.333 e. The molecule has 0 unspecified atom stereocenters. The molecular weight excluding hydrogens is 298 g/mol. The van der Waals surface area contributed by atoms with E-state index in [4.69, 9.17) is 0 Å². The first-order valence-corrected chi connectivity index (χ1v) is 5.25. The molecule has 4 nitrogen and oxygen atoms in total. The third kappa shape index (κ3) is 2.19. The van der Waals surface area contributed by atoms with Crippen LogP contribution in [0.15, 0.2) is 38.5 Å². The number of nitrogens with zero attached hydrogens (tertiary/aromatic N) is 1. The Morgan fingerprint density at radius 2 is 1.76 bits per heavy atom. The Labute approximate surface area is 102 Å². The summed E-state index contributed by atoms with van der Waals surface area (Å²) in [6, 6.07) is 3.05. The summed E-state index contributed by atoms with van der Waals surface area (Å²) >= 11 is 2.92. The van der Waals surface area contributed by atoms with Gasteiger partial charge in [-0.05, 0) is 12.1 Å². The van der Waals surface area contributed by atoms with Crippen LogP contribution >= 0.6 is 15.9 Å². The Morgan fingerprint density at radius 1 is 1.18 bits per heavy atom. The van der Waals surface area contributed by atoms with Crippen LogP contribution in [-0.2, 0) is 0 Å². The van der Waals surface area contributed by atoms with Crippen LogP contribution in [-0.4, -0.2) is 9.55 Å². The van der Waals surface area contributed by atoms with Crippen molar-refractivity contribution in [2.45, 2.75) is 0 Å². The molecule has 1 N–H and O–H groups in total. The topological polar surface area (TPSA) is 54.9 Å². The molecule has 0 aliphatic rings. The number of H-pyrrole nitrogens is 1. The molecule has 0 atom stereocenters. The van der Waals surface area contributed by atoms with Crippen LogP contribution in [0.2, 0.25) is 0 Å². The van der Waals surface area contributed by atoms with Gasteiger partial charge in [0.15, 0.2) is 11.6 Å². The average molecular weight is 303 g/mol. The van der Waals surface area contributed by atoms with Gasteiger partial charge in [0.2, 0.25) is 0 Å². The van der Waals surface area contributed by atoms with E-state index in [0.29, 0.717) is 4.57 Å². The molecule has 0 aliphatic carbocycles. The number of halogens is 3. The molecule has 0 aliphatic heterocycles. The van der Waals surface area contributed by atoms with E-state index < -0.39 is 28.6 Å². The number of rotatable bonds is 1. The van der Waals surface area contributed by atoms with Crippen LogP contribution in [0, 0.1) is 11.6 Å². The minimum atomic E-state index is -0.911. The second-order valence-electron chi connectivity index (χ2n) is 3.20. The third-order valence-corrected chi connectivity index (χ3v) is 2.50. The summed E-state index contributed by atoms with van der Waals surface area (Å²) in [6.45, 7) is 0. The third-order valence-electron chi connectivity index (χ3n) is 2.05. The predicted octanol–water partition coefficient (Wildman–Crippen LogP) is 1.57. The van der Waals surface area contributed by atoms with Crippen molar-refractivity contribution in [3.8, 4) is 5.69 Å². The van der Waals surface area contributed by atoms with Crippen LogP contribution in [0.1, 0.15) is 0 Å². The lowest BCUT2D eigenvalue weighted by molar-refractivity contribution is 0.563. The second kappa shape index (κ2) is 4.25. The predicted molar refractivity (Wildman–Crippen MR) is 60.3 cm³/mol. The molecule has 0 saturated heterocycles. The highest BCUT2D eigenvalue weighted by atomic mass is 79.9. The van der Waals surface area contributed by atoms with E-state index in [2.05, 4.69) is 15.9 Å². The highest BCUT2D eigenvalue weighted by Gasteiger charge is 2.13. The number of hydrogen-bond acceptors (Lipinski definition) is 2. The number of nitrogens with one attached hydrogen (secondary N) is 1. The lowest BCUT2D eigenvalue weighted by atomic mass is 10.3. The number of benzene rings is 1. The van der Waals surface area contributed by atoms with Crippen molar-refractivity contribution in [1.29, 1.82) is 0 Å². The van der Waals surface area contributed by atoms with E-state index in [9.17, 15) is 18.4 Å². The van der Waals surface area contributed by atoms with E-state index in [-0.39, 0.29) is 4.47 Å². The molecule has 2 rings (SSSR count). The SMILES string of the molecule is O=c1ccn(-c2c(F)cc(Br)cc2F)c(=O)[nH]1. The van der Waals surface area contributed by atoms with Crippen molar-refractivity contribution in [1.82, 2.24) is 9.55 Å². The normalized spacial score (nSPS) is 10.5. The molecule has 88 valence electrons. The quantitative estimate of drug-likeness (QED) is 0.869. The number of aromatic amines is 1. The number of hydrogen-bond donors (Lipinski definition) is 1. The number of aromatic nitrogens is 2. The summed E-state index contributed by atoms with van der Waals surface area (Å²) < 4.78 is 28.0. The molecule has 1 aromatic carbocycles. The summed E-state index contributed by atoms with van der Waals surface area (Å²) in [5, 5.41) is 0. The standard InChI is InChI=1S/C10H5BrF2N2O2/c11-5-3-6(12)9(7(13)4-5)15-2-1-8(16)14-10(15)17/h1-4H,(H,14,16,17). The molecule has 0 spiro atoms. The van der Waals surface area contributed by atoms with Gasteiger partial charge in [-0.25, -0.2) is 13.6 Å². The smallest absolute Gasteiger partial charge is 0.274 e. The maximum atomic E-state index is 13.6. The van der Waals surface area contributed by atoms with Crippen LogP contribution in [0.4, 0.5) is 8.78 Å². The molecule has 1 heterocycles. The van der Waals surface area contributed by atoms with Crippen LogP contribution in [0.5, 0.6) is 0 Å². The lowest BCUT2D eigenvalue weighted by Gasteiger charge is -2.07. The monoisotopic (exact) mass is 302 g/mol. The Hall–Kier alpha value is -1.76. The van der Waals surface area contributed by atoms with Crippen molar-refractivity contribution in [3.63, 3.8) is 0 Å². The second-order valence-corrected chi connectivity index (χ2v) is 4.11. The molecule has 7 heteroatoms. The Morgan fingerprint density at radius 3 is 2.29 bits per heavy atom. The van der Waals surface area contributed by atoms with Gasteiger partial charge in [0.05, 0.1) is 0 Å². The van der Waals surface area contributed by atoms with Crippen LogP contribution < -0.4 is 11.2 Å². The fourth-order valence-corrected chi connectivity index (χ4v) is 1.76. The molecule has 0 amide bonds. The van der Waals surface area contributed by atoms with Gasteiger partial charge in [-0.15, -0.1) is 0 Å². The first-order chi connectivity index (χ1) is 7.99. The van der Waals surface area contributed by atoms with Gasteiger partial charge in [0.25, 0.3) is 5.56 Å². The highest BCUT2D eigenvalue weighted by molar-refractivity contribution is 9.10. The molecule has 0 saturated carbocycles. The molecule has 2 aromatic rings. The Balaban J connectivity index is 2.77. The Bertz CT molecular complexity index is 670. The van der Waals surface area contributed by atoms with E-state index >= 15 is 0 Å². The van der Waals surface area contributed by atoms with Gasteiger partial charge < -0.3 is 0 Å². The zero-order valence-corrected chi connectivity index (χ0v) is 9.79. The molecule has 0 bridgehead atoms. The van der Waals surface area contributed by atoms with Gasteiger partial charge in [-0.2, -0.15) is 0 Å². The Kier molecular flexibility index (Phi) is 2.93. The van der Waals surface area contributed by atoms with Gasteiger partial charge in [-0.1, -0.05) is 15.9 Å². The zero-order chi connectivity index (χ0) is 12.6. The van der Waals surface area contributed by atoms with Crippen molar-refractivity contribution < 1.29 is 8.78 Å². The molecule has 17 heavy (non-hydrogen) atoms. The van der Waals surface area contributed by atoms with Crippen molar-refractivity contribution in [3.05, 3.63) is 61.3 Å². The first-order valence-electron chi connectivity index (χ1n) is 4.46. The summed E-state index contributed by atoms with van der Waals surface area (Å²) in [6.07, 6.45) is 1.01. The average Bonchev–Trinajstić information content (AvgIpc) is 2.19. The minimum Gasteiger partial charge on any atom is -0.274 e. The van der Waals surface area contributed by atoms with Crippen molar-refractivity contribution in [2.24, 2.45) is 0 Å². The minimum absolute atomic E-state index is 0.216. The van der Waals surface area contributed by atoms with Gasteiger partial charge in [-0.3, -0.25) is 14.3 Å². The van der Waals surface area contributed by atoms with Gasteiger partial charge in [0.1, 0.15) is 5.69 Å². The van der Waals surface area contributed by atoms with E-state index in [1.54, 1.807) is 0 Å². The van der Waals surface area contributed by atoms with Crippen molar-refractivity contribution >= 4 is 15.9 Å². The fraction of sp³-hybridized carbons (Fsp3) is 0. The first kappa shape index (κ1) is 11.7. The summed E-state index contributed by atoms with van der Waals surface area (Å²) in [5.74, 6) is -1.82. The molecule has 0 radical (unpaired) electrons. The van der Waals surface area contributed by atoms with E-state index in [1.165, 1.54) is 0 Å². The molecular formula is C10H5BrF2N2O2. The molecule has 0 fully saturated rings. The van der Waals surface area contributed by atoms with E-state index in [1.807, 2.05) is 4.98 Å². The van der Waals surface area contributed by atoms with E-state index in [0.717, 1.165) is 24.4 Å². The summed E-state index contributed by atoms with van der Waals surface area (Å²) in [7, 11) is 0. The van der Waals surface area contributed by atoms with Gasteiger partial charge >= 0.3 is 5.69 Å². The zero-order valence-electron chi connectivity index (χ0n) is 8.21. The lowest BCUT2D eigenvalue weighted by Crippen LogP contribution is -2.28. The highest BCUT2D eigenvalue weighted by Crippen LogP contribution is 2.21. The summed E-state index contributed by atoms with van der Waals surface area (Å²) in [5.41, 5.74) is -2.07.